The third-order valence-electron chi connectivity index (χ3n) is 1.40. The summed E-state index contributed by atoms with van der Waals surface area (Å²) in [6.07, 6.45) is 0. The lowest BCUT2D eigenvalue weighted by Crippen LogP contribution is -2.23. The van der Waals surface area contributed by atoms with Crippen LogP contribution < -0.4 is 4.72 Å². The van der Waals surface area contributed by atoms with Crippen molar-refractivity contribution in [3.63, 3.8) is 0 Å². The van der Waals surface area contributed by atoms with Gasteiger partial charge in [-0.1, -0.05) is 6.07 Å². The van der Waals surface area contributed by atoms with Crippen LogP contribution in [-0.2, 0) is 10.0 Å². The lowest BCUT2D eigenvalue weighted by molar-refractivity contribution is 0.581. The minimum Gasteiger partial charge on any atom is -0.211 e. The molecule has 13 heavy (non-hydrogen) atoms. The second-order valence-electron chi connectivity index (χ2n) is 2.36. The molecule has 0 aromatic heterocycles. The Balaban J connectivity index is 3.08. The fraction of sp³-hybridized carbons (Fsp3) is 0.125. The van der Waals surface area contributed by atoms with E-state index < -0.39 is 15.8 Å². The second-order valence-corrected chi connectivity index (χ2v) is 4.12. The molecule has 0 saturated heterocycles. The van der Waals surface area contributed by atoms with Crippen LogP contribution in [0.3, 0.4) is 0 Å². The number of rotatable bonds is 3. The van der Waals surface area contributed by atoms with E-state index >= 15 is 0 Å². The molecule has 0 bridgehead atoms. The monoisotopic (exact) mass is 202 g/mol. The van der Waals surface area contributed by atoms with E-state index in [2.05, 4.69) is 11.6 Å². The molecule has 71 valence electrons. The fourth-order valence-electron chi connectivity index (χ4n) is 0.852. The average molecular weight is 202 g/mol. The highest BCUT2D eigenvalue weighted by Crippen LogP contribution is 2.09. The standard InChI is InChI=1S/C8H9FNO2S/c1-2-10-13(11,12)8-5-3-4-7(9)6-8/h3-6,10H,1-2H2. The first-order chi connectivity index (χ1) is 6.06. The van der Waals surface area contributed by atoms with Crippen LogP contribution in [0.2, 0.25) is 0 Å². The second kappa shape index (κ2) is 3.85. The molecule has 0 fully saturated rings. The quantitative estimate of drug-likeness (QED) is 0.792. The molecule has 5 heteroatoms. The normalized spacial score (nSPS) is 11.5. The Morgan fingerprint density at radius 1 is 1.46 bits per heavy atom. The third kappa shape index (κ3) is 2.50. The highest BCUT2D eigenvalue weighted by molar-refractivity contribution is 7.89. The smallest absolute Gasteiger partial charge is 0.211 e. The summed E-state index contributed by atoms with van der Waals surface area (Å²) in [5.74, 6) is -0.577. The Labute approximate surface area is 76.6 Å². The van der Waals surface area contributed by atoms with Gasteiger partial charge in [-0.05, 0) is 25.1 Å². The molecule has 1 aromatic carbocycles. The van der Waals surface area contributed by atoms with Gasteiger partial charge in [-0.2, -0.15) is 0 Å². The van der Waals surface area contributed by atoms with E-state index in [4.69, 9.17) is 0 Å². The predicted octanol–water partition coefficient (Wildman–Crippen LogP) is 0.938. The maximum absolute atomic E-state index is 12.6. The minimum absolute atomic E-state index is 0.0405. The molecular weight excluding hydrogens is 193 g/mol. The van der Waals surface area contributed by atoms with Gasteiger partial charge in [0.05, 0.1) is 4.90 Å². The number of hydrogen-bond acceptors (Lipinski definition) is 2. The van der Waals surface area contributed by atoms with Crippen molar-refractivity contribution in [3.05, 3.63) is 37.0 Å². The van der Waals surface area contributed by atoms with E-state index in [9.17, 15) is 12.8 Å². The summed E-state index contributed by atoms with van der Waals surface area (Å²) in [5.41, 5.74) is 0. The molecule has 0 heterocycles. The summed E-state index contributed by atoms with van der Waals surface area (Å²) in [6.45, 7) is 3.38. The molecule has 3 nitrogen and oxygen atoms in total. The number of benzene rings is 1. The van der Waals surface area contributed by atoms with Gasteiger partial charge in [-0.3, -0.25) is 0 Å². The highest BCUT2D eigenvalue weighted by atomic mass is 32.2. The van der Waals surface area contributed by atoms with Crippen LogP contribution in [0.5, 0.6) is 0 Å². The minimum atomic E-state index is -3.59. The molecule has 1 aromatic rings. The maximum Gasteiger partial charge on any atom is 0.240 e. The molecule has 0 saturated carbocycles. The molecule has 0 aliphatic heterocycles. The number of halogens is 1. The third-order valence-corrected chi connectivity index (χ3v) is 2.86. The van der Waals surface area contributed by atoms with Gasteiger partial charge < -0.3 is 0 Å². The van der Waals surface area contributed by atoms with Crippen molar-refractivity contribution >= 4 is 10.0 Å². The number of nitrogens with one attached hydrogen (secondary N) is 1. The molecule has 1 rings (SSSR count). The van der Waals surface area contributed by atoms with E-state index in [1.807, 2.05) is 0 Å². The van der Waals surface area contributed by atoms with E-state index in [1.165, 1.54) is 18.2 Å². The highest BCUT2D eigenvalue weighted by Gasteiger charge is 2.12. The molecule has 0 spiro atoms. The molecule has 0 unspecified atom stereocenters. The van der Waals surface area contributed by atoms with E-state index in [0.29, 0.717) is 0 Å². The van der Waals surface area contributed by atoms with E-state index in [1.54, 1.807) is 0 Å². The van der Waals surface area contributed by atoms with Crippen molar-refractivity contribution in [1.82, 2.24) is 4.72 Å². The van der Waals surface area contributed by atoms with Crippen molar-refractivity contribution in [2.45, 2.75) is 4.90 Å². The largest absolute Gasteiger partial charge is 0.240 e. The molecule has 0 atom stereocenters. The predicted molar refractivity (Wildman–Crippen MR) is 46.9 cm³/mol. The van der Waals surface area contributed by atoms with Gasteiger partial charge in [0.15, 0.2) is 0 Å². The Kier molecular flexibility index (Phi) is 3.00. The van der Waals surface area contributed by atoms with Gasteiger partial charge in [-0.15, -0.1) is 0 Å². The molecule has 0 aliphatic rings. The molecule has 0 amide bonds. The Bertz CT molecular complexity index is 389. The topological polar surface area (TPSA) is 46.2 Å². The summed E-state index contributed by atoms with van der Waals surface area (Å²) in [6, 6.07) is 4.80. The van der Waals surface area contributed by atoms with Crippen molar-refractivity contribution < 1.29 is 12.8 Å². The Hall–Kier alpha value is -0.940. The SMILES string of the molecule is [CH2]CNS(=O)(=O)c1cccc(F)c1. The Morgan fingerprint density at radius 2 is 2.15 bits per heavy atom. The van der Waals surface area contributed by atoms with Crippen LogP contribution in [0.25, 0.3) is 0 Å². The van der Waals surface area contributed by atoms with Crippen LogP contribution in [0.4, 0.5) is 4.39 Å². The van der Waals surface area contributed by atoms with Gasteiger partial charge >= 0.3 is 0 Å². The molecule has 1 radical (unpaired) electrons. The van der Waals surface area contributed by atoms with Gasteiger partial charge in [0.2, 0.25) is 10.0 Å². The Morgan fingerprint density at radius 3 is 2.69 bits per heavy atom. The van der Waals surface area contributed by atoms with Crippen molar-refractivity contribution in [2.75, 3.05) is 6.54 Å². The molecule has 0 aliphatic carbocycles. The van der Waals surface area contributed by atoms with Crippen molar-refractivity contribution in [2.24, 2.45) is 0 Å². The molecule has 1 N–H and O–H groups in total. The number of hydrogen-bond donors (Lipinski definition) is 1. The summed E-state index contributed by atoms with van der Waals surface area (Å²) in [5, 5.41) is 0. The maximum atomic E-state index is 12.6. The first kappa shape index (κ1) is 10.1. The van der Waals surface area contributed by atoms with Crippen LogP contribution in [0.1, 0.15) is 0 Å². The first-order valence-corrected chi connectivity index (χ1v) is 5.09. The summed E-state index contributed by atoms with van der Waals surface area (Å²) < 4.78 is 37.3. The zero-order chi connectivity index (χ0) is 9.90. The van der Waals surface area contributed by atoms with Gasteiger partial charge in [0.25, 0.3) is 0 Å². The zero-order valence-corrected chi connectivity index (χ0v) is 7.64. The van der Waals surface area contributed by atoms with E-state index in [-0.39, 0.29) is 11.4 Å². The van der Waals surface area contributed by atoms with Gasteiger partial charge in [0.1, 0.15) is 5.82 Å². The van der Waals surface area contributed by atoms with Crippen LogP contribution >= 0.6 is 0 Å². The first-order valence-electron chi connectivity index (χ1n) is 3.61. The number of sulfonamides is 1. The van der Waals surface area contributed by atoms with Crippen LogP contribution in [0, 0.1) is 12.7 Å². The fourth-order valence-corrected chi connectivity index (χ4v) is 1.81. The van der Waals surface area contributed by atoms with Crippen LogP contribution in [0.15, 0.2) is 29.2 Å². The zero-order valence-electron chi connectivity index (χ0n) is 6.83. The molecular formula is C8H9FNO2S. The summed E-state index contributed by atoms with van der Waals surface area (Å²) in [4.78, 5) is -0.0869. The van der Waals surface area contributed by atoms with Crippen molar-refractivity contribution in [3.8, 4) is 0 Å². The van der Waals surface area contributed by atoms with Gasteiger partial charge in [-0.25, -0.2) is 17.5 Å². The lowest BCUT2D eigenvalue weighted by Gasteiger charge is -2.03. The van der Waals surface area contributed by atoms with E-state index in [0.717, 1.165) is 6.07 Å². The summed E-state index contributed by atoms with van der Waals surface area (Å²) in [7, 11) is -3.59. The van der Waals surface area contributed by atoms with Gasteiger partial charge in [0, 0.05) is 6.54 Å². The average Bonchev–Trinajstić information content (AvgIpc) is 2.04. The van der Waals surface area contributed by atoms with Crippen molar-refractivity contribution in [1.29, 1.82) is 0 Å². The summed E-state index contributed by atoms with van der Waals surface area (Å²) >= 11 is 0. The lowest BCUT2D eigenvalue weighted by atomic mass is 10.4. The van der Waals surface area contributed by atoms with Crippen LogP contribution in [-0.4, -0.2) is 15.0 Å².